The van der Waals surface area contributed by atoms with Gasteiger partial charge in [0.1, 0.15) is 11.4 Å². The van der Waals surface area contributed by atoms with Crippen molar-refractivity contribution in [1.82, 2.24) is 9.97 Å². The summed E-state index contributed by atoms with van der Waals surface area (Å²) in [6, 6.07) is 6.57. The molecule has 0 fully saturated rings. The Kier molecular flexibility index (Phi) is 2.64. The normalized spacial score (nSPS) is 10.7. The highest BCUT2D eigenvalue weighted by molar-refractivity contribution is 5.35. The van der Waals surface area contributed by atoms with Crippen LogP contribution < -0.4 is 5.56 Å². The molecular formula is C10H8N4O. The maximum atomic E-state index is 10.8. The van der Waals surface area contributed by atoms with E-state index in [4.69, 9.17) is 0 Å². The SMILES string of the molecule is O=c1ccc(N=Nc2cccnc2)c[nH]1. The summed E-state index contributed by atoms with van der Waals surface area (Å²) in [6.45, 7) is 0. The maximum Gasteiger partial charge on any atom is 0.248 e. The first kappa shape index (κ1) is 9.26. The molecular weight excluding hydrogens is 192 g/mol. The van der Waals surface area contributed by atoms with Crippen LogP contribution in [0.3, 0.4) is 0 Å². The Hall–Kier alpha value is -2.30. The second-order valence-corrected chi connectivity index (χ2v) is 2.82. The molecule has 0 saturated heterocycles. The Balaban J connectivity index is 2.19. The lowest BCUT2D eigenvalue weighted by Gasteiger charge is -1.90. The third-order valence-electron chi connectivity index (χ3n) is 1.69. The second-order valence-electron chi connectivity index (χ2n) is 2.82. The molecule has 0 aliphatic rings. The number of aromatic amines is 1. The molecule has 2 aromatic rings. The molecule has 0 saturated carbocycles. The molecule has 74 valence electrons. The van der Waals surface area contributed by atoms with Gasteiger partial charge in [0.05, 0.1) is 6.20 Å². The van der Waals surface area contributed by atoms with Gasteiger partial charge in [-0.05, 0) is 18.2 Å². The Morgan fingerprint density at radius 3 is 2.67 bits per heavy atom. The molecule has 2 rings (SSSR count). The predicted octanol–water partition coefficient (Wildman–Crippen LogP) is 2.19. The third kappa shape index (κ3) is 2.57. The fourth-order valence-electron chi connectivity index (χ4n) is 0.993. The molecule has 0 radical (unpaired) electrons. The van der Waals surface area contributed by atoms with Gasteiger partial charge in [0.2, 0.25) is 5.56 Å². The first-order valence-electron chi connectivity index (χ1n) is 4.35. The van der Waals surface area contributed by atoms with Gasteiger partial charge in [-0.3, -0.25) is 9.78 Å². The number of nitrogens with one attached hydrogen (secondary N) is 1. The van der Waals surface area contributed by atoms with E-state index in [1.807, 2.05) is 0 Å². The molecule has 0 amide bonds. The lowest BCUT2D eigenvalue weighted by molar-refractivity contribution is 1.16. The molecule has 0 aromatic carbocycles. The minimum atomic E-state index is -0.157. The van der Waals surface area contributed by atoms with Gasteiger partial charge in [-0.2, -0.15) is 0 Å². The van der Waals surface area contributed by atoms with E-state index >= 15 is 0 Å². The van der Waals surface area contributed by atoms with Crippen molar-refractivity contribution in [2.24, 2.45) is 10.2 Å². The number of hydrogen-bond donors (Lipinski definition) is 1. The van der Waals surface area contributed by atoms with Crippen molar-refractivity contribution in [1.29, 1.82) is 0 Å². The average Bonchev–Trinajstić information content (AvgIpc) is 2.30. The molecule has 15 heavy (non-hydrogen) atoms. The summed E-state index contributed by atoms with van der Waals surface area (Å²) in [7, 11) is 0. The molecule has 1 N–H and O–H groups in total. The van der Waals surface area contributed by atoms with Crippen molar-refractivity contribution in [3.8, 4) is 0 Å². The number of H-pyrrole nitrogens is 1. The quantitative estimate of drug-likeness (QED) is 0.754. The van der Waals surface area contributed by atoms with Crippen molar-refractivity contribution in [2.45, 2.75) is 0 Å². The first-order chi connectivity index (χ1) is 7.34. The van der Waals surface area contributed by atoms with Crippen LogP contribution in [0.2, 0.25) is 0 Å². The Bertz CT molecular complexity index is 498. The van der Waals surface area contributed by atoms with Crippen LogP contribution in [-0.2, 0) is 0 Å². The molecule has 0 spiro atoms. The van der Waals surface area contributed by atoms with Crippen LogP contribution in [-0.4, -0.2) is 9.97 Å². The minimum Gasteiger partial charge on any atom is -0.327 e. The summed E-state index contributed by atoms with van der Waals surface area (Å²) in [6.07, 6.45) is 4.77. The monoisotopic (exact) mass is 200 g/mol. The van der Waals surface area contributed by atoms with Crippen molar-refractivity contribution < 1.29 is 0 Å². The molecule has 2 aromatic heterocycles. The highest BCUT2D eigenvalue weighted by Gasteiger charge is 1.89. The summed E-state index contributed by atoms with van der Waals surface area (Å²) >= 11 is 0. The van der Waals surface area contributed by atoms with E-state index in [2.05, 4.69) is 20.2 Å². The van der Waals surface area contributed by atoms with Crippen LogP contribution in [0.5, 0.6) is 0 Å². The highest BCUT2D eigenvalue weighted by Crippen LogP contribution is 2.14. The van der Waals surface area contributed by atoms with E-state index in [0.717, 1.165) is 0 Å². The van der Waals surface area contributed by atoms with Gasteiger partial charge in [0.25, 0.3) is 0 Å². The van der Waals surface area contributed by atoms with E-state index in [-0.39, 0.29) is 5.56 Å². The van der Waals surface area contributed by atoms with Crippen LogP contribution >= 0.6 is 0 Å². The number of aromatic nitrogens is 2. The zero-order chi connectivity index (χ0) is 10.5. The summed E-state index contributed by atoms with van der Waals surface area (Å²) in [5, 5.41) is 7.88. The molecule has 0 bridgehead atoms. The standard InChI is InChI=1S/C10H8N4O/c15-10-4-3-9(7-12-10)14-13-8-2-1-5-11-6-8/h1-7H,(H,12,15). The summed E-state index contributed by atoms with van der Waals surface area (Å²) in [4.78, 5) is 17.2. The van der Waals surface area contributed by atoms with E-state index in [1.165, 1.54) is 12.3 Å². The van der Waals surface area contributed by atoms with Crippen LogP contribution in [0.4, 0.5) is 11.4 Å². The molecule has 5 nitrogen and oxygen atoms in total. The van der Waals surface area contributed by atoms with Crippen LogP contribution in [0.25, 0.3) is 0 Å². The van der Waals surface area contributed by atoms with E-state index in [9.17, 15) is 4.79 Å². The number of rotatable bonds is 2. The maximum absolute atomic E-state index is 10.8. The summed E-state index contributed by atoms with van der Waals surface area (Å²) in [5.41, 5.74) is 1.11. The number of nitrogens with zero attached hydrogens (tertiary/aromatic N) is 3. The minimum absolute atomic E-state index is 0.157. The average molecular weight is 200 g/mol. The Morgan fingerprint density at radius 2 is 2.00 bits per heavy atom. The van der Waals surface area contributed by atoms with Gasteiger partial charge >= 0.3 is 0 Å². The van der Waals surface area contributed by atoms with Gasteiger partial charge in [0, 0.05) is 18.5 Å². The first-order valence-corrected chi connectivity index (χ1v) is 4.35. The molecule has 0 atom stereocenters. The molecule has 0 aliphatic heterocycles. The van der Waals surface area contributed by atoms with Crippen molar-refractivity contribution >= 4 is 11.4 Å². The second kappa shape index (κ2) is 4.28. The number of hydrogen-bond acceptors (Lipinski definition) is 4. The van der Waals surface area contributed by atoms with E-state index < -0.39 is 0 Å². The van der Waals surface area contributed by atoms with Crippen LogP contribution in [0.1, 0.15) is 0 Å². The Morgan fingerprint density at radius 1 is 1.13 bits per heavy atom. The van der Waals surface area contributed by atoms with Gasteiger partial charge in [-0.25, -0.2) is 0 Å². The van der Waals surface area contributed by atoms with Crippen molar-refractivity contribution in [3.63, 3.8) is 0 Å². The van der Waals surface area contributed by atoms with Crippen molar-refractivity contribution in [2.75, 3.05) is 0 Å². The zero-order valence-corrected chi connectivity index (χ0v) is 7.79. The lowest BCUT2D eigenvalue weighted by atomic mass is 10.4. The van der Waals surface area contributed by atoms with Crippen LogP contribution in [0.15, 0.2) is 57.9 Å². The topological polar surface area (TPSA) is 70.5 Å². The molecule has 0 unspecified atom stereocenters. The van der Waals surface area contributed by atoms with Crippen molar-refractivity contribution in [3.05, 3.63) is 53.2 Å². The summed E-state index contributed by atoms with van der Waals surface area (Å²) < 4.78 is 0. The molecule has 0 aliphatic carbocycles. The predicted molar refractivity (Wildman–Crippen MR) is 55.5 cm³/mol. The van der Waals surface area contributed by atoms with E-state index in [1.54, 1.807) is 30.6 Å². The van der Waals surface area contributed by atoms with Gasteiger partial charge < -0.3 is 4.98 Å². The lowest BCUT2D eigenvalue weighted by Crippen LogP contribution is -1.99. The zero-order valence-electron chi connectivity index (χ0n) is 7.79. The largest absolute Gasteiger partial charge is 0.327 e. The summed E-state index contributed by atoms with van der Waals surface area (Å²) in [5.74, 6) is 0. The number of azo groups is 1. The highest BCUT2D eigenvalue weighted by atomic mass is 16.1. The molecule has 2 heterocycles. The van der Waals surface area contributed by atoms with Gasteiger partial charge in [0.15, 0.2) is 0 Å². The van der Waals surface area contributed by atoms with Gasteiger partial charge in [-0.15, -0.1) is 10.2 Å². The van der Waals surface area contributed by atoms with E-state index in [0.29, 0.717) is 11.4 Å². The van der Waals surface area contributed by atoms with Gasteiger partial charge in [-0.1, -0.05) is 0 Å². The smallest absolute Gasteiger partial charge is 0.248 e. The molecule has 5 heteroatoms. The Labute approximate surface area is 85.5 Å². The fourth-order valence-corrected chi connectivity index (χ4v) is 0.993. The number of pyridine rings is 2. The third-order valence-corrected chi connectivity index (χ3v) is 1.69. The fraction of sp³-hybridized carbons (Fsp3) is 0. The van der Waals surface area contributed by atoms with Crippen LogP contribution in [0, 0.1) is 0 Å².